The highest BCUT2D eigenvalue weighted by Gasteiger charge is 2.38. The van der Waals surface area contributed by atoms with Crippen LogP contribution in [-0.2, 0) is 0 Å². The van der Waals surface area contributed by atoms with E-state index in [1.54, 1.807) is 6.08 Å². The third kappa shape index (κ3) is 6.12. The molecule has 2 rings (SSSR count). The molecule has 0 aliphatic heterocycles. The van der Waals surface area contributed by atoms with Crippen LogP contribution >= 0.6 is 11.6 Å². The summed E-state index contributed by atoms with van der Waals surface area (Å²) in [5.74, 6) is -0.956. The van der Waals surface area contributed by atoms with E-state index >= 15 is 0 Å². The van der Waals surface area contributed by atoms with Crippen molar-refractivity contribution in [3.05, 3.63) is 11.9 Å². The van der Waals surface area contributed by atoms with Crippen LogP contribution in [0.5, 0.6) is 0 Å². The first-order chi connectivity index (χ1) is 12.4. The van der Waals surface area contributed by atoms with E-state index in [2.05, 4.69) is 25.6 Å². The third-order valence-electron chi connectivity index (χ3n) is 3.90. The summed E-state index contributed by atoms with van der Waals surface area (Å²) in [6.45, 7) is 1.70. The summed E-state index contributed by atoms with van der Waals surface area (Å²) < 4.78 is 76.7. The van der Waals surface area contributed by atoms with Gasteiger partial charge in [-0.3, -0.25) is 0 Å². The van der Waals surface area contributed by atoms with Crippen molar-refractivity contribution in [3.63, 3.8) is 0 Å². The molecule has 0 saturated heterocycles. The summed E-state index contributed by atoms with van der Waals surface area (Å²) in [7, 11) is 0. The number of alkyl halides is 7. The smallest absolute Gasteiger partial charge is 0.343 e. The average Bonchev–Trinajstić information content (AvgIpc) is 2.52. The lowest BCUT2D eigenvalue weighted by Gasteiger charge is -2.21. The molecule has 3 atom stereocenters. The Morgan fingerprint density at radius 2 is 1.44 bits per heavy atom. The Morgan fingerprint density at radius 3 is 1.85 bits per heavy atom. The monoisotopic (exact) mass is 417 g/mol. The van der Waals surface area contributed by atoms with Gasteiger partial charge in [-0.25, -0.2) is 0 Å². The molecule has 0 saturated carbocycles. The summed E-state index contributed by atoms with van der Waals surface area (Å²) in [4.78, 5) is 11.5. The number of anilines is 2. The lowest BCUT2D eigenvalue weighted by atomic mass is 9.99. The van der Waals surface area contributed by atoms with Crippen LogP contribution in [-0.4, -0.2) is 44.8 Å². The van der Waals surface area contributed by atoms with Crippen LogP contribution in [0, 0.1) is 0 Å². The van der Waals surface area contributed by atoms with E-state index < -0.39 is 36.3 Å². The maximum absolute atomic E-state index is 12.8. The minimum atomic E-state index is -4.58. The van der Waals surface area contributed by atoms with E-state index in [0.717, 1.165) is 13.8 Å². The second kappa shape index (κ2) is 8.07. The van der Waals surface area contributed by atoms with Crippen molar-refractivity contribution < 1.29 is 26.3 Å². The van der Waals surface area contributed by atoms with Crippen molar-refractivity contribution >= 4 is 29.1 Å². The third-order valence-corrected chi connectivity index (χ3v) is 4.25. The number of allylic oxidation sites excluding steroid dienone is 2. The first-order valence-corrected chi connectivity index (χ1v) is 8.57. The maximum atomic E-state index is 12.8. The SMILES string of the molecule is CC(Nc1nc(N[C@H](C)C(F)(F)F)nc(C2=CC(Cl)CCC2)n1)C(F)(F)F. The standard InChI is InChI=1S/C15H18ClF6N5/c1-7(14(17,18)19)23-12-25-11(9-4-3-5-10(16)6-9)26-13(27-12)24-8(2)15(20,21)22/h6-8,10H,3-5H2,1-2H3,(H2,23,24,25,26,27)/t7-,8?,10?/m1/s1. The molecular formula is C15H18ClF6N5. The van der Waals surface area contributed by atoms with Crippen molar-refractivity contribution in [1.82, 2.24) is 15.0 Å². The lowest BCUT2D eigenvalue weighted by Crippen LogP contribution is -2.35. The summed E-state index contributed by atoms with van der Waals surface area (Å²) in [6.07, 6.45) is -5.59. The topological polar surface area (TPSA) is 62.7 Å². The van der Waals surface area contributed by atoms with Crippen LogP contribution in [0.15, 0.2) is 6.08 Å². The summed E-state index contributed by atoms with van der Waals surface area (Å²) in [5, 5.41) is 3.81. The number of nitrogens with one attached hydrogen (secondary N) is 2. The Hall–Kier alpha value is -1.78. The zero-order chi connectivity index (χ0) is 20.4. The van der Waals surface area contributed by atoms with Gasteiger partial charge in [-0.1, -0.05) is 6.08 Å². The predicted octanol–water partition coefficient (Wildman–Crippen LogP) is 4.77. The number of hydrogen-bond acceptors (Lipinski definition) is 5. The van der Waals surface area contributed by atoms with E-state index in [-0.39, 0.29) is 11.2 Å². The molecule has 0 amide bonds. The molecule has 1 aromatic rings. The highest BCUT2D eigenvalue weighted by molar-refractivity contribution is 6.22. The number of rotatable bonds is 5. The zero-order valence-electron chi connectivity index (χ0n) is 14.4. The Labute approximate surface area is 156 Å². The van der Waals surface area contributed by atoms with Crippen molar-refractivity contribution in [2.45, 2.75) is 62.9 Å². The van der Waals surface area contributed by atoms with Gasteiger partial charge in [0.1, 0.15) is 12.1 Å². The van der Waals surface area contributed by atoms with Gasteiger partial charge >= 0.3 is 12.4 Å². The fraction of sp³-hybridized carbons (Fsp3) is 0.667. The number of halogens is 7. The van der Waals surface area contributed by atoms with Gasteiger partial charge in [-0.05, 0) is 38.7 Å². The summed E-state index contributed by atoms with van der Waals surface area (Å²) in [6, 6.07) is -4.00. The van der Waals surface area contributed by atoms with E-state index in [1.807, 2.05) is 0 Å². The van der Waals surface area contributed by atoms with Crippen LogP contribution in [0.3, 0.4) is 0 Å². The fourth-order valence-corrected chi connectivity index (χ4v) is 2.56. The highest BCUT2D eigenvalue weighted by atomic mass is 35.5. The molecule has 0 radical (unpaired) electrons. The Bertz CT molecular complexity index is 650. The molecule has 1 aromatic heterocycles. The van der Waals surface area contributed by atoms with Crippen LogP contribution < -0.4 is 10.6 Å². The van der Waals surface area contributed by atoms with Crippen molar-refractivity contribution in [2.24, 2.45) is 0 Å². The number of nitrogens with zero attached hydrogens (tertiary/aromatic N) is 3. The average molecular weight is 418 g/mol. The quantitative estimate of drug-likeness (QED) is 0.533. The molecule has 0 spiro atoms. The Kier molecular flexibility index (Phi) is 6.43. The molecule has 0 bridgehead atoms. The van der Waals surface area contributed by atoms with Gasteiger partial charge in [0.15, 0.2) is 5.82 Å². The molecule has 12 heteroatoms. The van der Waals surface area contributed by atoms with Crippen LogP contribution in [0.1, 0.15) is 38.9 Å². The van der Waals surface area contributed by atoms with Crippen molar-refractivity contribution in [3.8, 4) is 0 Å². The van der Waals surface area contributed by atoms with E-state index in [1.165, 1.54) is 0 Å². The summed E-state index contributed by atoms with van der Waals surface area (Å²) in [5.41, 5.74) is 0.550. The van der Waals surface area contributed by atoms with Crippen LogP contribution in [0.2, 0.25) is 0 Å². The second-order valence-electron chi connectivity index (χ2n) is 6.22. The summed E-state index contributed by atoms with van der Waals surface area (Å²) >= 11 is 6.05. The van der Waals surface area contributed by atoms with Gasteiger partial charge in [0.2, 0.25) is 11.9 Å². The Balaban J connectivity index is 2.38. The lowest BCUT2D eigenvalue weighted by molar-refractivity contribution is -0.139. The van der Waals surface area contributed by atoms with Crippen LogP contribution in [0.4, 0.5) is 38.2 Å². The minimum absolute atomic E-state index is 0.0101. The Morgan fingerprint density at radius 1 is 0.963 bits per heavy atom. The number of aromatic nitrogens is 3. The molecule has 1 aliphatic rings. The van der Waals surface area contributed by atoms with Gasteiger partial charge < -0.3 is 10.6 Å². The van der Waals surface area contributed by atoms with Gasteiger partial charge in [0.25, 0.3) is 0 Å². The molecule has 27 heavy (non-hydrogen) atoms. The molecule has 2 N–H and O–H groups in total. The molecule has 1 heterocycles. The van der Waals surface area contributed by atoms with Gasteiger partial charge in [-0.15, -0.1) is 11.6 Å². The molecule has 0 fully saturated rings. The van der Waals surface area contributed by atoms with E-state index in [4.69, 9.17) is 11.6 Å². The maximum Gasteiger partial charge on any atom is 0.408 e. The second-order valence-corrected chi connectivity index (χ2v) is 6.78. The molecule has 0 aromatic carbocycles. The predicted molar refractivity (Wildman–Crippen MR) is 89.6 cm³/mol. The molecular weight excluding hydrogens is 400 g/mol. The molecule has 1 aliphatic carbocycles. The largest absolute Gasteiger partial charge is 0.408 e. The molecule has 5 nitrogen and oxygen atoms in total. The van der Waals surface area contributed by atoms with Crippen LogP contribution in [0.25, 0.3) is 5.57 Å². The first-order valence-electron chi connectivity index (χ1n) is 8.14. The number of hydrogen-bond donors (Lipinski definition) is 2. The molecule has 152 valence electrons. The van der Waals surface area contributed by atoms with E-state index in [0.29, 0.717) is 24.8 Å². The van der Waals surface area contributed by atoms with E-state index in [9.17, 15) is 26.3 Å². The van der Waals surface area contributed by atoms with Crippen molar-refractivity contribution in [1.29, 1.82) is 0 Å². The fourth-order valence-electron chi connectivity index (χ4n) is 2.26. The molecule has 2 unspecified atom stereocenters. The van der Waals surface area contributed by atoms with Crippen molar-refractivity contribution in [2.75, 3.05) is 10.6 Å². The van der Waals surface area contributed by atoms with Gasteiger partial charge in [0, 0.05) is 0 Å². The first kappa shape index (κ1) is 21.5. The zero-order valence-corrected chi connectivity index (χ0v) is 15.2. The van der Waals surface area contributed by atoms with Gasteiger partial charge in [0.05, 0.1) is 5.38 Å². The highest BCUT2D eigenvalue weighted by Crippen LogP contribution is 2.29. The minimum Gasteiger partial charge on any atom is -0.343 e. The van der Waals surface area contributed by atoms with Gasteiger partial charge in [-0.2, -0.15) is 41.3 Å². The normalized spacial score (nSPS) is 20.6.